The summed E-state index contributed by atoms with van der Waals surface area (Å²) in [6.07, 6.45) is 7.90. The molecule has 0 aromatic rings. The summed E-state index contributed by atoms with van der Waals surface area (Å²) in [5, 5.41) is 7.37. The van der Waals surface area contributed by atoms with Gasteiger partial charge in [0.15, 0.2) is 0 Å². The van der Waals surface area contributed by atoms with E-state index in [4.69, 9.17) is 54.4 Å². The lowest BCUT2D eigenvalue weighted by Gasteiger charge is -2.14. The molecule has 0 bridgehead atoms. The Kier molecular flexibility index (Phi) is 11.6. The topological polar surface area (TPSA) is 51.5 Å². The van der Waals surface area contributed by atoms with E-state index in [9.17, 15) is 0 Å². The van der Waals surface area contributed by atoms with Gasteiger partial charge in [0.25, 0.3) is 3.79 Å². The normalized spacial score (nSPS) is 13.7. The van der Waals surface area contributed by atoms with E-state index >= 15 is 0 Å². The van der Waals surface area contributed by atoms with E-state index in [-0.39, 0.29) is 19.5 Å². The average molecular weight is 347 g/mol. The van der Waals surface area contributed by atoms with Crippen molar-refractivity contribution in [3.8, 4) is 0 Å². The molecule has 0 saturated carbocycles. The van der Waals surface area contributed by atoms with Crippen LogP contribution in [0, 0.1) is 5.41 Å². The molecular weight excluding hydrogens is 325 g/mol. The second-order valence-electron chi connectivity index (χ2n) is 4.17. The van der Waals surface area contributed by atoms with Crippen molar-refractivity contribution in [2.24, 2.45) is 0 Å². The van der Waals surface area contributed by atoms with E-state index in [0.717, 1.165) is 25.7 Å². The first-order valence-electron chi connectivity index (χ1n) is 6.47. The molecule has 4 nitrogen and oxygen atoms in total. The van der Waals surface area contributed by atoms with Crippen LogP contribution < -0.4 is 0 Å². The minimum absolute atomic E-state index is 0.0351. The summed E-state index contributed by atoms with van der Waals surface area (Å²) < 4.78 is 13.6. The van der Waals surface area contributed by atoms with Gasteiger partial charge in [-0.05, 0) is 12.5 Å². The lowest BCUT2D eigenvalue weighted by molar-refractivity contribution is -0.0581. The number of rotatable bonds is 10. The smallest absolute Gasteiger partial charge is 0.265 e. The maximum Gasteiger partial charge on any atom is 0.265 e. The van der Waals surface area contributed by atoms with Crippen molar-refractivity contribution in [2.45, 2.75) is 42.5 Å². The van der Waals surface area contributed by atoms with E-state index in [0.29, 0.717) is 0 Å². The van der Waals surface area contributed by atoms with Gasteiger partial charge in [-0.2, -0.15) is 0 Å². The molecule has 118 valence electrons. The SMILES string of the molecule is CCCCC[C@@H](/C=C/COC(=N)C(Cl)(Cl)Cl)OCOC. The maximum atomic E-state index is 7.37. The summed E-state index contributed by atoms with van der Waals surface area (Å²) in [5.41, 5.74) is 0. The number of methoxy groups -OCH3 is 1. The highest BCUT2D eigenvalue weighted by Gasteiger charge is 2.28. The second kappa shape index (κ2) is 11.6. The van der Waals surface area contributed by atoms with Gasteiger partial charge in [-0.3, -0.25) is 5.41 Å². The molecular formula is C13H22Cl3NO3. The Balaban J connectivity index is 4.07. The molecule has 20 heavy (non-hydrogen) atoms. The lowest BCUT2D eigenvalue weighted by atomic mass is 10.1. The first kappa shape index (κ1) is 20.0. The summed E-state index contributed by atoms with van der Waals surface area (Å²) in [7, 11) is 1.58. The predicted molar refractivity (Wildman–Crippen MR) is 84.0 cm³/mol. The van der Waals surface area contributed by atoms with E-state index in [2.05, 4.69) is 6.92 Å². The molecule has 1 atom stereocenters. The Hall–Kier alpha value is -0.0000000000000000416. The van der Waals surface area contributed by atoms with Gasteiger partial charge in [0.2, 0.25) is 5.90 Å². The molecule has 0 radical (unpaired) electrons. The van der Waals surface area contributed by atoms with E-state index in [1.807, 2.05) is 6.08 Å². The number of nitrogens with one attached hydrogen (secondary N) is 1. The average Bonchev–Trinajstić information content (AvgIpc) is 2.38. The molecule has 0 amide bonds. The molecule has 0 unspecified atom stereocenters. The molecule has 0 aromatic carbocycles. The summed E-state index contributed by atoms with van der Waals surface area (Å²) >= 11 is 16.5. The third kappa shape index (κ3) is 10.7. The Morgan fingerprint density at radius 3 is 2.55 bits per heavy atom. The van der Waals surface area contributed by atoms with Crippen molar-refractivity contribution < 1.29 is 14.2 Å². The third-order valence-corrected chi connectivity index (χ3v) is 2.94. The van der Waals surface area contributed by atoms with Crippen molar-refractivity contribution in [1.82, 2.24) is 0 Å². The van der Waals surface area contributed by atoms with Crippen LogP contribution in [0.4, 0.5) is 0 Å². The predicted octanol–water partition coefficient (Wildman–Crippen LogP) is 4.48. The van der Waals surface area contributed by atoms with Crippen LogP contribution in [0.15, 0.2) is 12.2 Å². The van der Waals surface area contributed by atoms with Crippen LogP contribution in [-0.4, -0.2) is 36.3 Å². The van der Waals surface area contributed by atoms with Gasteiger partial charge in [-0.1, -0.05) is 67.1 Å². The van der Waals surface area contributed by atoms with Crippen LogP contribution in [0.5, 0.6) is 0 Å². The zero-order valence-electron chi connectivity index (χ0n) is 11.8. The van der Waals surface area contributed by atoms with Crippen molar-refractivity contribution in [2.75, 3.05) is 20.5 Å². The van der Waals surface area contributed by atoms with Crippen LogP contribution in [0.25, 0.3) is 0 Å². The molecule has 0 fully saturated rings. The van der Waals surface area contributed by atoms with E-state index < -0.39 is 9.69 Å². The van der Waals surface area contributed by atoms with Crippen molar-refractivity contribution in [3.63, 3.8) is 0 Å². The number of halogens is 3. The molecule has 0 aromatic heterocycles. The van der Waals surface area contributed by atoms with Crippen molar-refractivity contribution >= 4 is 40.7 Å². The number of hydrogen-bond acceptors (Lipinski definition) is 4. The maximum absolute atomic E-state index is 7.37. The number of alkyl halides is 3. The monoisotopic (exact) mass is 345 g/mol. The molecule has 7 heteroatoms. The van der Waals surface area contributed by atoms with Crippen molar-refractivity contribution in [1.29, 1.82) is 5.41 Å². The molecule has 0 aliphatic heterocycles. The van der Waals surface area contributed by atoms with Gasteiger partial charge in [-0.15, -0.1) is 0 Å². The van der Waals surface area contributed by atoms with Crippen LogP contribution in [0.2, 0.25) is 0 Å². The van der Waals surface area contributed by atoms with Crippen LogP contribution >= 0.6 is 34.8 Å². The standard InChI is InChI=1S/C13H22Cl3NO3/c1-3-4-5-7-11(20-10-18-2)8-6-9-19-12(17)13(14,15)16/h6,8,11,17H,3-5,7,9-10H2,1-2H3/b8-6+,17-12?/t11-/m0/s1. The quantitative estimate of drug-likeness (QED) is 0.158. The van der Waals surface area contributed by atoms with Gasteiger partial charge < -0.3 is 14.2 Å². The molecule has 0 aliphatic rings. The highest BCUT2D eigenvalue weighted by atomic mass is 35.6. The number of unbranched alkanes of at least 4 members (excludes halogenated alkanes) is 2. The fourth-order valence-electron chi connectivity index (χ4n) is 1.41. The number of hydrogen-bond donors (Lipinski definition) is 1. The Morgan fingerprint density at radius 2 is 2.00 bits per heavy atom. The van der Waals surface area contributed by atoms with Crippen LogP contribution in [0.3, 0.4) is 0 Å². The molecule has 0 saturated heterocycles. The van der Waals surface area contributed by atoms with Gasteiger partial charge in [-0.25, -0.2) is 0 Å². The fourth-order valence-corrected chi connectivity index (χ4v) is 1.57. The summed E-state index contributed by atoms with van der Waals surface area (Å²) in [5.74, 6) is -0.396. The van der Waals surface area contributed by atoms with E-state index in [1.54, 1.807) is 13.2 Å². The van der Waals surface area contributed by atoms with Gasteiger partial charge in [0.1, 0.15) is 13.4 Å². The highest BCUT2D eigenvalue weighted by molar-refractivity contribution is 6.76. The Labute approximate surface area is 135 Å². The molecule has 0 heterocycles. The van der Waals surface area contributed by atoms with E-state index in [1.165, 1.54) is 0 Å². The zero-order chi connectivity index (χ0) is 15.4. The Morgan fingerprint density at radius 1 is 1.30 bits per heavy atom. The van der Waals surface area contributed by atoms with Crippen molar-refractivity contribution in [3.05, 3.63) is 12.2 Å². The molecule has 1 N–H and O–H groups in total. The first-order valence-corrected chi connectivity index (χ1v) is 7.61. The number of ether oxygens (including phenoxy) is 3. The fraction of sp³-hybridized carbons (Fsp3) is 0.769. The van der Waals surface area contributed by atoms with Gasteiger partial charge in [0.05, 0.1) is 6.10 Å². The first-order chi connectivity index (χ1) is 9.41. The van der Waals surface area contributed by atoms with Crippen LogP contribution in [-0.2, 0) is 14.2 Å². The molecule has 0 rings (SSSR count). The lowest BCUT2D eigenvalue weighted by Crippen LogP contribution is -2.21. The second-order valence-corrected chi connectivity index (χ2v) is 6.45. The van der Waals surface area contributed by atoms with Gasteiger partial charge in [0, 0.05) is 7.11 Å². The minimum Gasteiger partial charge on any atom is -0.474 e. The van der Waals surface area contributed by atoms with Crippen LogP contribution in [0.1, 0.15) is 32.6 Å². The zero-order valence-corrected chi connectivity index (χ0v) is 14.1. The van der Waals surface area contributed by atoms with Gasteiger partial charge >= 0.3 is 0 Å². The summed E-state index contributed by atoms with van der Waals surface area (Å²) in [4.78, 5) is 0. The Bertz CT molecular complexity index is 293. The highest BCUT2D eigenvalue weighted by Crippen LogP contribution is 2.27. The largest absolute Gasteiger partial charge is 0.474 e. The molecule has 0 spiro atoms. The third-order valence-electron chi connectivity index (χ3n) is 2.42. The minimum atomic E-state index is -1.82. The summed E-state index contributed by atoms with van der Waals surface area (Å²) in [6.45, 7) is 2.55. The summed E-state index contributed by atoms with van der Waals surface area (Å²) in [6, 6.07) is 0. The molecule has 0 aliphatic carbocycles.